The van der Waals surface area contributed by atoms with Crippen LogP contribution in [0.1, 0.15) is 13.3 Å². The van der Waals surface area contributed by atoms with E-state index in [0.29, 0.717) is 0 Å². The summed E-state index contributed by atoms with van der Waals surface area (Å²) in [6, 6.07) is 1.22. The molecule has 0 rings (SSSR count). The van der Waals surface area contributed by atoms with Crippen LogP contribution in [0.4, 0.5) is 0 Å². The van der Waals surface area contributed by atoms with Gasteiger partial charge < -0.3 is 4.43 Å². The Bertz CT molecular complexity index is 138. The van der Waals surface area contributed by atoms with Crippen LogP contribution in [0.5, 0.6) is 0 Å². The maximum atomic E-state index is 5.60. The highest BCUT2D eigenvalue weighted by atomic mass is 28.4. The standard InChI is InChI=1S/C9H18OSi/c1-5-7-8-10-11(3,4)9-6-2/h5,7-8H,1,6,9H2,2-4H3/b8-7+. The Balaban J connectivity index is 3.71. The molecule has 0 saturated carbocycles. The van der Waals surface area contributed by atoms with Crippen molar-refractivity contribution in [3.63, 3.8) is 0 Å². The normalized spacial score (nSPS) is 11.9. The van der Waals surface area contributed by atoms with Crippen LogP contribution in [0, 0.1) is 0 Å². The van der Waals surface area contributed by atoms with E-state index in [0.717, 1.165) is 0 Å². The molecule has 0 radical (unpaired) electrons. The molecule has 0 aromatic rings. The van der Waals surface area contributed by atoms with E-state index in [2.05, 4.69) is 26.6 Å². The molecular formula is C9H18OSi. The lowest BCUT2D eigenvalue weighted by molar-refractivity contribution is 0.469. The Morgan fingerprint density at radius 3 is 2.55 bits per heavy atom. The van der Waals surface area contributed by atoms with Gasteiger partial charge in [-0.3, -0.25) is 0 Å². The van der Waals surface area contributed by atoms with Gasteiger partial charge in [-0.25, -0.2) is 0 Å². The fraction of sp³-hybridized carbons (Fsp3) is 0.556. The lowest BCUT2D eigenvalue weighted by atomic mass is 10.6. The topological polar surface area (TPSA) is 9.23 Å². The van der Waals surface area contributed by atoms with Gasteiger partial charge in [-0.2, -0.15) is 0 Å². The zero-order chi connectivity index (χ0) is 8.74. The summed E-state index contributed by atoms with van der Waals surface area (Å²) in [4.78, 5) is 0. The second-order valence-electron chi connectivity index (χ2n) is 3.19. The molecule has 11 heavy (non-hydrogen) atoms. The zero-order valence-electron chi connectivity index (χ0n) is 7.76. The fourth-order valence-corrected chi connectivity index (χ4v) is 2.71. The molecular weight excluding hydrogens is 152 g/mol. The van der Waals surface area contributed by atoms with Gasteiger partial charge >= 0.3 is 0 Å². The van der Waals surface area contributed by atoms with Crippen LogP contribution in [0.2, 0.25) is 19.1 Å². The van der Waals surface area contributed by atoms with Crippen LogP contribution < -0.4 is 0 Å². The molecule has 0 N–H and O–H groups in total. The molecule has 0 aliphatic rings. The molecule has 0 unspecified atom stereocenters. The first kappa shape index (κ1) is 10.5. The van der Waals surface area contributed by atoms with Gasteiger partial charge in [-0.05, 0) is 25.2 Å². The third-order valence-corrected chi connectivity index (χ3v) is 3.93. The number of allylic oxidation sites excluding steroid dienone is 2. The zero-order valence-corrected chi connectivity index (χ0v) is 8.76. The molecule has 0 fully saturated rings. The average Bonchev–Trinajstić information content (AvgIpc) is 1.87. The first-order chi connectivity index (χ1) is 5.12. The van der Waals surface area contributed by atoms with E-state index in [4.69, 9.17) is 4.43 Å². The van der Waals surface area contributed by atoms with Gasteiger partial charge in [0.05, 0.1) is 6.26 Å². The van der Waals surface area contributed by atoms with Crippen molar-refractivity contribution in [2.24, 2.45) is 0 Å². The first-order valence-corrected chi connectivity index (χ1v) is 7.19. The average molecular weight is 170 g/mol. The maximum absolute atomic E-state index is 5.60. The number of hydrogen-bond donors (Lipinski definition) is 0. The van der Waals surface area contributed by atoms with Crippen molar-refractivity contribution in [3.8, 4) is 0 Å². The molecule has 2 heteroatoms. The third-order valence-electron chi connectivity index (χ3n) is 1.45. The van der Waals surface area contributed by atoms with Crippen LogP contribution in [-0.2, 0) is 4.43 Å². The minimum Gasteiger partial charge on any atom is -0.549 e. The molecule has 0 heterocycles. The highest BCUT2D eigenvalue weighted by molar-refractivity contribution is 6.71. The molecule has 1 nitrogen and oxygen atoms in total. The van der Waals surface area contributed by atoms with E-state index in [9.17, 15) is 0 Å². The summed E-state index contributed by atoms with van der Waals surface area (Å²) in [6.45, 7) is 10.2. The highest BCUT2D eigenvalue weighted by Gasteiger charge is 2.20. The van der Waals surface area contributed by atoms with Crippen molar-refractivity contribution >= 4 is 8.32 Å². The van der Waals surface area contributed by atoms with Crippen molar-refractivity contribution < 1.29 is 4.43 Å². The van der Waals surface area contributed by atoms with E-state index in [1.54, 1.807) is 12.3 Å². The van der Waals surface area contributed by atoms with E-state index in [1.165, 1.54) is 12.5 Å². The second kappa shape index (κ2) is 5.19. The third kappa shape index (κ3) is 5.92. The minimum absolute atomic E-state index is 1.21. The molecule has 0 atom stereocenters. The van der Waals surface area contributed by atoms with Crippen molar-refractivity contribution in [2.75, 3.05) is 0 Å². The second-order valence-corrected chi connectivity index (χ2v) is 7.45. The summed E-state index contributed by atoms with van der Waals surface area (Å²) in [6.07, 6.45) is 6.54. The van der Waals surface area contributed by atoms with Crippen LogP contribution >= 0.6 is 0 Å². The summed E-state index contributed by atoms with van der Waals surface area (Å²) in [7, 11) is -1.38. The van der Waals surface area contributed by atoms with E-state index < -0.39 is 8.32 Å². The predicted molar refractivity (Wildman–Crippen MR) is 53.0 cm³/mol. The van der Waals surface area contributed by atoms with Crippen molar-refractivity contribution in [1.29, 1.82) is 0 Å². The summed E-state index contributed by atoms with van der Waals surface area (Å²) < 4.78 is 5.60. The van der Waals surface area contributed by atoms with Gasteiger partial charge in [0.1, 0.15) is 0 Å². The van der Waals surface area contributed by atoms with Crippen LogP contribution in [0.3, 0.4) is 0 Å². The van der Waals surface area contributed by atoms with E-state index >= 15 is 0 Å². The Hall–Kier alpha value is -0.503. The van der Waals surface area contributed by atoms with Crippen molar-refractivity contribution in [2.45, 2.75) is 32.5 Å². The summed E-state index contributed by atoms with van der Waals surface area (Å²) in [5.74, 6) is 0. The van der Waals surface area contributed by atoms with Crippen LogP contribution in [-0.4, -0.2) is 8.32 Å². The van der Waals surface area contributed by atoms with E-state index in [1.807, 2.05) is 6.08 Å². The van der Waals surface area contributed by atoms with Gasteiger partial charge in [0.2, 0.25) is 8.32 Å². The van der Waals surface area contributed by atoms with Gasteiger partial charge in [0.25, 0.3) is 0 Å². The Kier molecular flexibility index (Phi) is 4.95. The fourth-order valence-electron chi connectivity index (χ4n) is 0.940. The van der Waals surface area contributed by atoms with Gasteiger partial charge in [0, 0.05) is 0 Å². The maximum Gasteiger partial charge on any atom is 0.244 e. The van der Waals surface area contributed by atoms with Gasteiger partial charge in [-0.1, -0.05) is 26.0 Å². The van der Waals surface area contributed by atoms with E-state index in [-0.39, 0.29) is 0 Å². The molecule has 0 aliphatic carbocycles. The highest BCUT2D eigenvalue weighted by Crippen LogP contribution is 2.13. The van der Waals surface area contributed by atoms with Crippen molar-refractivity contribution in [1.82, 2.24) is 0 Å². The first-order valence-electron chi connectivity index (χ1n) is 4.08. The molecule has 0 aromatic carbocycles. The minimum atomic E-state index is -1.38. The summed E-state index contributed by atoms with van der Waals surface area (Å²) in [5, 5.41) is 0. The largest absolute Gasteiger partial charge is 0.549 e. The van der Waals surface area contributed by atoms with Crippen molar-refractivity contribution in [3.05, 3.63) is 25.0 Å². The Morgan fingerprint density at radius 2 is 2.09 bits per heavy atom. The molecule has 0 bridgehead atoms. The van der Waals surface area contributed by atoms with Gasteiger partial charge in [-0.15, -0.1) is 0 Å². The number of rotatable bonds is 5. The van der Waals surface area contributed by atoms with Crippen LogP contribution in [0.15, 0.2) is 25.0 Å². The molecule has 0 aromatic heterocycles. The molecule has 0 spiro atoms. The van der Waals surface area contributed by atoms with Gasteiger partial charge in [0.15, 0.2) is 0 Å². The quantitative estimate of drug-likeness (QED) is 0.349. The Labute approximate surface area is 70.9 Å². The Morgan fingerprint density at radius 1 is 1.45 bits per heavy atom. The molecule has 0 amide bonds. The smallest absolute Gasteiger partial charge is 0.244 e. The molecule has 0 aliphatic heterocycles. The lowest BCUT2D eigenvalue weighted by Crippen LogP contribution is -2.27. The predicted octanol–water partition coefficient (Wildman–Crippen LogP) is 3.32. The summed E-state index contributed by atoms with van der Waals surface area (Å²) in [5.41, 5.74) is 0. The summed E-state index contributed by atoms with van der Waals surface area (Å²) >= 11 is 0. The molecule has 64 valence electrons. The number of hydrogen-bond acceptors (Lipinski definition) is 1. The van der Waals surface area contributed by atoms with Crippen LogP contribution in [0.25, 0.3) is 0 Å². The lowest BCUT2D eigenvalue weighted by Gasteiger charge is -2.20. The monoisotopic (exact) mass is 170 g/mol. The SMILES string of the molecule is C=C/C=C/O[Si](C)(C)CCC. The molecule has 0 saturated heterocycles.